The van der Waals surface area contributed by atoms with Crippen LogP contribution in [0, 0.1) is 0 Å². The minimum absolute atomic E-state index is 0.0461. The van der Waals surface area contributed by atoms with Gasteiger partial charge in [0.05, 0.1) is 12.0 Å². The third kappa shape index (κ3) is 2.70. The minimum atomic E-state index is -1.87. The van der Waals surface area contributed by atoms with Crippen LogP contribution < -0.4 is 5.44 Å². The van der Waals surface area contributed by atoms with E-state index in [1.54, 1.807) is 18.3 Å². The van der Waals surface area contributed by atoms with Gasteiger partial charge in [-0.2, -0.15) is 0 Å². The van der Waals surface area contributed by atoms with Gasteiger partial charge in [0.15, 0.2) is 0 Å². The quantitative estimate of drug-likeness (QED) is 0.815. The van der Waals surface area contributed by atoms with E-state index in [0.717, 1.165) is 4.47 Å². The molecule has 3 nitrogen and oxygen atoms in total. The highest BCUT2D eigenvalue weighted by Crippen LogP contribution is 2.17. The smallest absolute Gasteiger partial charge is 0.123 e. The number of aliphatic hydroxyl groups excluding tert-OH is 1. The Bertz CT molecular complexity index is 275. The van der Waals surface area contributed by atoms with Crippen molar-refractivity contribution in [2.75, 3.05) is 12.8 Å². The van der Waals surface area contributed by atoms with E-state index in [0.29, 0.717) is 11.6 Å². The van der Waals surface area contributed by atoms with Crippen LogP contribution in [0.2, 0.25) is 0 Å². The van der Waals surface area contributed by atoms with Gasteiger partial charge in [-0.1, -0.05) is 0 Å². The zero-order valence-electron chi connectivity index (χ0n) is 6.33. The minimum Gasteiger partial charge on any atom is -0.396 e. The van der Waals surface area contributed by atoms with E-state index in [9.17, 15) is 4.57 Å². The van der Waals surface area contributed by atoms with Gasteiger partial charge >= 0.3 is 0 Å². The number of rotatable bonds is 3. The van der Waals surface area contributed by atoms with Crippen LogP contribution in [-0.4, -0.2) is 22.9 Å². The number of hydrogen-bond donors (Lipinski definition) is 1. The number of aliphatic hydroxyl groups is 1. The monoisotopic (exact) mass is 249 g/mol. The molecule has 0 aliphatic heterocycles. The van der Waals surface area contributed by atoms with E-state index >= 15 is 0 Å². The zero-order valence-corrected chi connectivity index (χ0v) is 8.91. The second kappa shape index (κ2) is 4.75. The molecular formula is C7H9BrNO2P. The molecule has 1 N–H and O–H groups in total. The topological polar surface area (TPSA) is 50.2 Å². The lowest BCUT2D eigenvalue weighted by Gasteiger charge is -1.98. The van der Waals surface area contributed by atoms with Crippen molar-refractivity contribution in [1.29, 1.82) is 0 Å². The average molecular weight is 250 g/mol. The second-order valence-electron chi connectivity index (χ2n) is 2.26. The van der Waals surface area contributed by atoms with Crippen molar-refractivity contribution < 1.29 is 9.67 Å². The molecule has 1 rings (SSSR count). The molecule has 0 saturated carbocycles. The molecule has 0 saturated heterocycles. The van der Waals surface area contributed by atoms with Crippen LogP contribution in [0.4, 0.5) is 0 Å². The van der Waals surface area contributed by atoms with Crippen molar-refractivity contribution >= 4 is 29.2 Å². The van der Waals surface area contributed by atoms with Crippen molar-refractivity contribution in [1.82, 2.24) is 4.98 Å². The number of pyridine rings is 1. The Morgan fingerprint density at radius 2 is 2.33 bits per heavy atom. The third-order valence-electron chi connectivity index (χ3n) is 1.35. The molecular weight excluding hydrogens is 241 g/mol. The summed E-state index contributed by atoms with van der Waals surface area (Å²) in [5, 5.41) is 8.54. The first-order valence-corrected chi connectivity index (χ1v) is 5.90. The SMILES string of the molecule is O=[PH](CCO)c1ccc(Br)cn1. The highest BCUT2D eigenvalue weighted by molar-refractivity contribution is 9.10. The van der Waals surface area contributed by atoms with Gasteiger partial charge < -0.3 is 9.67 Å². The number of hydrogen-bond acceptors (Lipinski definition) is 3. The first-order valence-electron chi connectivity index (χ1n) is 3.49. The molecule has 0 radical (unpaired) electrons. The fourth-order valence-corrected chi connectivity index (χ4v) is 1.94. The van der Waals surface area contributed by atoms with E-state index in [1.807, 2.05) is 0 Å². The number of halogens is 1. The van der Waals surface area contributed by atoms with Crippen molar-refractivity contribution in [2.24, 2.45) is 0 Å². The van der Waals surface area contributed by atoms with E-state index in [1.165, 1.54) is 0 Å². The van der Waals surface area contributed by atoms with Crippen molar-refractivity contribution in [3.8, 4) is 0 Å². The summed E-state index contributed by atoms with van der Waals surface area (Å²) in [5.74, 6) is 0. The van der Waals surface area contributed by atoms with E-state index < -0.39 is 7.80 Å². The van der Waals surface area contributed by atoms with E-state index in [-0.39, 0.29) is 6.61 Å². The fraction of sp³-hybridized carbons (Fsp3) is 0.286. The van der Waals surface area contributed by atoms with Gasteiger partial charge in [-0.25, -0.2) is 0 Å². The van der Waals surface area contributed by atoms with Gasteiger partial charge in [0, 0.05) is 16.8 Å². The Labute approximate surface area is 79.7 Å². The van der Waals surface area contributed by atoms with Gasteiger partial charge in [-0.3, -0.25) is 4.98 Å². The van der Waals surface area contributed by atoms with Crippen LogP contribution in [-0.2, 0) is 4.57 Å². The van der Waals surface area contributed by atoms with E-state index in [4.69, 9.17) is 5.11 Å². The van der Waals surface area contributed by atoms with Gasteiger partial charge in [0.25, 0.3) is 0 Å². The molecule has 0 amide bonds. The lowest BCUT2D eigenvalue weighted by atomic mass is 10.5. The van der Waals surface area contributed by atoms with Gasteiger partial charge in [0.2, 0.25) is 0 Å². The standard InChI is InChI=1S/C7H9BrNO2P/c8-6-1-2-7(9-5-6)12(11)4-3-10/h1-2,5,10,12H,3-4H2. The molecule has 0 fully saturated rings. The molecule has 1 aromatic rings. The third-order valence-corrected chi connectivity index (χ3v) is 3.37. The zero-order chi connectivity index (χ0) is 8.97. The molecule has 1 aromatic heterocycles. The molecule has 0 aliphatic rings. The first kappa shape index (κ1) is 9.90. The Balaban J connectivity index is 2.75. The van der Waals surface area contributed by atoms with Crippen LogP contribution in [0.25, 0.3) is 0 Å². The average Bonchev–Trinajstić information content (AvgIpc) is 2.06. The predicted molar refractivity (Wildman–Crippen MR) is 52.5 cm³/mol. The maximum Gasteiger partial charge on any atom is 0.123 e. The second-order valence-corrected chi connectivity index (χ2v) is 5.03. The van der Waals surface area contributed by atoms with E-state index in [2.05, 4.69) is 20.9 Å². The van der Waals surface area contributed by atoms with Crippen molar-refractivity contribution in [3.63, 3.8) is 0 Å². The van der Waals surface area contributed by atoms with Crippen LogP contribution in [0.3, 0.4) is 0 Å². The molecule has 12 heavy (non-hydrogen) atoms. The summed E-state index contributed by atoms with van der Waals surface area (Å²) < 4.78 is 12.2. The summed E-state index contributed by atoms with van der Waals surface area (Å²) in [6.07, 6.45) is 1.93. The lowest BCUT2D eigenvalue weighted by molar-refractivity contribution is 0.320. The number of nitrogens with zero attached hydrogens (tertiary/aromatic N) is 1. The summed E-state index contributed by atoms with van der Waals surface area (Å²) in [6.45, 7) is -0.0461. The molecule has 0 aromatic carbocycles. The summed E-state index contributed by atoms with van der Waals surface area (Å²) in [5.41, 5.74) is 0.581. The largest absolute Gasteiger partial charge is 0.396 e. The lowest BCUT2D eigenvalue weighted by Crippen LogP contribution is -2.04. The van der Waals surface area contributed by atoms with Crippen LogP contribution in [0.15, 0.2) is 22.8 Å². The molecule has 66 valence electrons. The molecule has 0 bridgehead atoms. The summed E-state index contributed by atoms with van der Waals surface area (Å²) in [6, 6.07) is 3.50. The Morgan fingerprint density at radius 1 is 1.58 bits per heavy atom. The van der Waals surface area contributed by atoms with Gasteiger partial charge in [0.1, 0.15) is 7.80 Å². The summed E-state index contributed by atoms with van der Waals surface area (Å²) in [4.78, 5) is 3.97. The molecule has 1 atom stereocenters. The van der Waals surface area contributed by atoms with Crippen LogP contribution in [0.1, 0.15) is 0 Å². The van der Waals surface area contributed by atoms with Gasteiger partial charge in [-0.05, 0) is 28.1 Å². The normalized spacial score (nSPS) is 12.8. The molecule has 1 heterocycles. The molecule has 1 unspecified atom stereocenters. The van der Waals surface area contributed by atoms with Crippen LogP contribution in [0.5, 0.6) is 0 Å². The van der Waals surface area contributed by atoms with Crippen molar-refractivity contribution in [3.05, 3.63) is 22.8 Å². The maximum atomic E-state index is 11.3. The van der Waals surface area contributed by atoms with Crippen molar-refractivity contribution in [2.45, 2.75) is 0 Å². The molecule has 5 heteroatoms. The Hall–Kier alpha value is -0.180. The fourth-order valence-electron chi connectivity index (χ4n) is 0.770. The maximum absolute atomic E-state index is 11.3. The Kier molecular flexibility index (Phi) is 3.92. The molecule has 0 spiro atoms. The first-order chi connectivity index (χ1) is 5.74. The molecule has 0 aliphatic carbocycles. The summed E-state index contributed by atoms with van der Waals surface area (Å²) in [7, 11) is -1.87. The highest BCUT2D eigenvalue weighted by atomic mass is 79.9. The van der Waals surface area contributed by atoms with Gasteiger partial charge in [-0.15, -0.1) is 0 Å². The highest BCUT2D eigenvalue weighted by Gasteiger charge is 2.02. The Morgan fingerprint density at radius 3 is 2.83 bits per heavy atom. The number of aromatic nitrogens is 1. The predicted octanol–water partition coefficient (Wildman–Crippen LogP) is 1.02. The summed E-state index contributed by atoms with van der Waals surface area (Å²) >= 11 is 3.23. The van der Waals surface area contributed by atoms with Crippen LogP contribution >= 0.6 is 23.7 Å².